The lowest BCUT2D eigenvalue weighted by Crippen LogP contribution is -2.06. The summed E-state index contributed by atoms with van der Waals surface area (Å²) in [5.74, 6) is 2.53. The fourth-order valence-electron chi connectivity index (χ4n) is 1.54. The Labute approximate surface area is 117 Å². The molecule has 0 aromatic carbocycles. The zero-order valence-electron chi connectivity index (χ0n) is 11.1. The van der Waals surface area contributed by atoms with Crippen molar-refractivity contribution in [1.82, 2.24) is 9.97 Å². The Bertz CT molecular complexity index is 501. The zero-order valence-corrected chi connectivity index (χ0v) is 12.0. The van der Waals surface area contributed by atoms with Crippen molar-refractivity contribution < 1.29 is 4.42 Å². The van der Waals surface area contributed by atoms with Gasteiger partial charge < -0.3 is 15.1 Å². The van der Waals surface area contributed by atoms with Crippen molar-refractivity contribution in [2.24, 2.45) is 0 Å². The number of hydrogen-bond donors (Lipinski definition) is 2. The van der Waals surface area contributed by atoms with E-state index in [9.17, 15) is 0 Å². The zero-order chi connectivity index (χ0) is 13.5. The summed E-state index contributed by atoms with van der Waals surface area (Å²) in [5.41, 5.74) is 0. The van der Waals surface area contributed by atoms with Gasteiger partial charge in [-0.05, 0) is 24.8 Å². The molecule has 0 radical (unpaired) electrons. The molecule has 0 aliphatic heterocycles. The normalized spacial score (nSPS) is 10.4. The lowest BCUT2D eigenvalue weighted by molar-refractivity contribution is 0.517. The SMILES string of the molecule is CCCNc1cc(NCc2ccco2)nc(SC)n1. The Hall–Kier alpha value is -1.69. The number of furan rings is 1. The van der Waals surface area contributed by atoms with E-state index < -0.39 is 0 Å². The van der Waals surface area contributed by atoms with Crippen LogP contribution in [-0.4, -0.2) is 22.8 Å². The number of rotatable bonds is 7. The van der Waals surface area contributed by atoms with Crippen LogP contribution in [0.5, 0.6) is 0 Å². The highest BCUT2D eigenvalue weighted by molar-refractivity contribution is 7.98. The van der Waals surface area contributed by atoms with Crippen molar-refractivity contribution in [2.75, 3.05) is 23.4 Å². The number of aromatic nitrogens is 2. The van der Waals surface area contributed by atoms with Crippen LogP contribution in [0.3, 0.4) is 0 Å². The molecule has 6 heteroatoms. The largest absolute Gasteiger partial charge is 0.467 e. The molecule has 2 N–H and O–H groups in total. The van der Waals surface area contributed by atoms with E-state index in [4.69, 9.17) is 4.42 Å². The predicted molar refractivity (Wildman–Crippen MR) is 78.6 cm³/mol. The standard InChI is InChI=1S/C13H18N4OS/c1-3-6-14-11-8-12(17-13(16-11)19-2)15-9-10-5-4-7-18-10/h4-5,7-8H,3,6,9H2,1-2H3,(H2,14,15,16,17). The summed E-state index contributed by atoms with van der Waals surface area (Å²) in [6.07, 6.45) is 4.70. The minimum atomic E-state index is 0.616. The monoisotopic (exact) mass is 278 g/mol. The van der Waals surface area contributed by atoms with E-state index in [0.29, 0.717) is 6.54 Å². The summed E-state index contributed by atoms with van der Waals surface area (Å²) in [4.78, 5) is 8.83. The summed E-state index contributed by atoms with van der Waals surface area (Å²) in [6, 6.07) is 5.72. The maximum atomic E-state index is 5.28. The van der Waals surface area contributed by atoms with Gasteiger partial charge in [0.05, 0.1) is 12.8 Å². The van der Waals surface area contributed by atoms with Gasteiger partial charge in [-0.25, -0.2) is 9.97 Å². The maximum Gasteiger partial charge on any atom is 0.191 e. The first-order valence-corrected chi connectivity index (χ1v) is 7.47. The molecular formula is C13H18N4OS. The van der Waals surface area contributed by atoms with Gasteiger partial charge in [0.15, 0.2) is 5.16 Å². The van der Waals surface area contributed by atoms with Gasteiger partial charge >= 0.3 is 0 Å². The van der Waals surface area contributed by atoms with Crippen molar-refractivity contribution in [1.29, 1.82) is 0 Å². The molecule has 5 nitrogen and oxygen atoms in total. The molecule has 102 valence electrons. The van der Waals surface area contributed by atoms with Gasteiger partial charge in [-0.3, -0.25) is 0 Å². The van der Waals surface area contributed by atoms with Gasteiger partial charge in [0, 0.05) is 12.6 Å². The minimum absolute atomic E-state index is 0.616. The van der Waals surface area contributed by atoms with Gasteiger partial charge in [0.25, 0.3) is 0 Å². The molecule has 0 saturated heterocycles. The lowest BCUT2D eigenvalue weighted by Gasteiger charge is -2.09. The first kappa shape index (κ1) is 13.7. The van der Waals surface area contributed by atoms with Crippen LogP contribution >= 0.6 is 11.8 Å². The Balaban J connectivity index is 2.05. The molecule has 19 heavy (non-hydrogen) atoms. The lowest BCUT2D eigenvalue weighted by atomic mass is 10.4. The average molecular weight is 278 g/mol. The van der Waals surface area contributed by atoms with Gasteiger partial charge in [0.2, 0.25) is 0 Å². The second kappa shape index (κ2) is 7.04. The van der Waals surface area contributed by atoms with Crippen molar-refractivity contribution in [3.05, 3.63) is 30.2 Å². The second-order valence-electron chi connectivity index (χ2n) is 3.98. The van der Waals surface area contributed by atoms with Crippen LogP contribution in [0.4, 0.5) is 11.6 Å². The number of nitrogens with one attached hydrogen (secondary N) is 2. The Morgan fingerprint density at radius 3 is 2.68 bits per heavy atom. The van der Waals surface area contributed by atoms with E-state index in [1.807, 2.05) is 24.5 Å². The topological polar surface area (TPSA) is 63.0 Å². The molecule has 0 bridgehead atoms. The average Bonchev–Trinajstić information content (AvgIpc) is 2.96. The fraction of sp³-hybridized carbons (Fsp3) is 0.385. The second-order valence-corrected chi connectivity index (χ2v) is 4.76. The van der Waals surface area contributed by atoms with Crippen molar-refractivity contribution in [2.45, 2.75) is 25.0 Å². The molecule has 0 aliphatic rings. The van der Waals surface area contributed by atoms with Crippen LogP contribution in [0.25, 0.3) is 0 Å². The van der Waals surface area contributed by atoms with Gasteiger partial charge in [-0.15, -0.1) is 0 Å². The van der Waals surface area contributed by atoms with E-state index in [0.717, 1.165) is 35.5 Å². The summed E-state index contributed by atoms with van der Waals surface area (Å²) >= 11 is 1.53. The minimum Gasteiger partial charge on any atom is -0.467 e. The van der Waals surface area contributed by atoms with Crippen LogP contribution in [0.2, 0.25) is 0 Å². The van der Waals surface area contributed by atoms with Crippen LogP contribution in [0, 0.1) is 0 Å². The van der Waals surface area contributed by atoms with Gasteiger partial charge in [0.1, 0.15) is 17.4 Å². The third-order valence-corrected chi connectivity index (χ3v) is 3.02. The smallest absolute Gasteiger partial charge is 0.191 e. The Morgan fingerprint density at radius 2 is 2.05 bits per heavy atom. The molecule has 2 aromatic heterocycles. The molecule has 0 unspecified atom stereocenters. The van der Waals surface area contributed by atoms with Gasteiger partial charge in [-0.2, -0.15) is 0 Å². The van der Waals surface area contributed by atoms with E-state index in [-0.39, 0.29) is 0 Å². The molecule has 2 aromatic rings. The maximum absolute atomic E-state index is 5.28. The highest BCUT2D eigenvalue weighted by Crippen LogP contribution is 2.18. The molecule has 0 amide bonds. The third-order valence-electron chi connectivity index (χ3n) is 2.47. The quantitative estimate of drug-likeness (QED) is 0.599. The van der Waals surface area contributed by atoms with E-state index in [1.54, 1.807) is 6.26 Å². The van der Waals surface area contributed by atoms with Crippen molar-refractivity contribution in [3.8, 4) is 0 Å². The first-order chi connectivity index (χ1) is 9.31. The predicted octanol–water partition coefficient (Wildman–Crippen LogP) is 3.23. The fourth-order valence-corrected chi connectivity index (χ4v) is 1.92. The van der Waals surface area contributed by atoms with E-state index >= 15 is 0 Å². The van der Waals surface area contributed by atoms with Crippen molar-refractivity contribution in [3.63, 3.8) is 0 Å². The van der Waals surface area contributed by atoms with E-state index in [1.165, 1.54) is 11.8 Å². The number of anilines is 2. The highest BCUT2D eigenvalue weighted by Gasteiger charge is 2.04. The van der Waals surface area contributed by atoms with Crippen LogP contribution in [0.1, 0.15) is 19.1 Å². The Kier molecular flexibility index (Phi) is 5.09. The molecule has 0 spiro atoms. The number of thioether (sulfide) groups is 1. The molecule has 0 saturated carbocycles. The van der Waals surface area contributed by atoms with Gasteiger partial charge in [-0.1, -0.05) is 18.7 Å². The summed E-state index contributed by atoms with van der Waals surface area (Å²) < 4.78 is 5.28. The van der Waals surface area contributed by atoms with Crippen molar-refractivity contribution >= 4 is 23.4 Å². The van der Waals surface area contributed by atoms with Crippen LogP contribution in [-0.2, 0) is 6.54 Å². The van der Waals surface area contributed by atoms with Crippen LogP contribution in [0.15, 0.2) is 34.0 Å². The number of hydrogen-bond acceptors (Lipinski definition) is 6. The summed E-state index contributed by atoms with van der Waals surface area (Å²) in [6.45, 7) is 3.65. The first-order valence-electron chi connectivity index (χ1n) is 6.25. The van der Waals surface area contributed by atoms with Crippen LogP contribution < -0.4 is 10.6 Å². The molecular weight excluding hydrogens is 260 g/mol. The molecule has 0 aliphatic carbocycles. The Morgan fingerprint density at radius 1 is 1.26 bits per heavy atom. The molecule has 0 fully saturated rings. The third kappa shape index (κ3) is 4.17. The molecule has 2 heterocycles. The van der Waals surface area contributed by atoms with E-state index in [2.05, 4.69) is 27.5 Å². The highest BCUT2D eigenvalue weighted by atomic mass is 32.2. The summed E-state index contributed by atoms with van der Waals surface area (Å²) in [5, 5.41) is 7.27. The number of nitrogens with zero attached hydrogens (tertiary/aromatic N) is 2. The molecule has 2 rings (SSSR count). The molecule has 0 atom stereocenters. The summed E-state index contributed by atoms with van der Waals surface area (Å²) in [7, 11) is 0.